The number of Topliss-reactive ketones (excluding diaryl/α,β-unsaturated/α-hetero) is 1. The van der Waals surface area contributed by atoms with Gasteiger partial charge in [0.2, 0.25) is 0 Å². The van der Waals surface area contributed by atoms with E-state index in [0.717, 1.165) is 24.8 Å². The molecule has 0 bridgehead atoms. The molecule has 0 radical (unpaired) electrons. The molecule has 1 nitrogen and oxygen atoms in total. The zero-order valence-corrected chi connectivity index (χ0v) is 13.2. The third kappa shape index (κ3) is 2.67. The van der Waals surface area contributed by atoms with E-state index in [1.165, 1.54) is 6.07 Å². The first-order valence-electron chi connectivity index (χ1n) is 7.15. The van der Waals surface area contributed by atoms with Crippen LogP contribution in [0.25, 0.3) is 0 Å². The molecule has 0 amide bonds. The van der Waals surface area contributed by atoms with E-state index in [-0.39, 0.29) is 18.0 Å². The van der Waals surface area contributed by atoms with Gasteiger partial charge in [-0.05, 0) is 36.1 Å². The van der Waals surface area contributed by atoms with Gasteiger partial charge in [0.15, 0.2) is 0 Å². The van der Waals surface area contributed by atoms with E-state index in [0.29, 0.717) is 10.0 Å². The predicted octanol–water partition coefficient (Wildman–Crippen LogP) is 4.82. The Morgan fingerprint density at radius 2 is 1.86 bits per heavy atom. The van der Waals surface area contributed by atoms with Crippen molar-refractivity contribution < 1.29 is 9.18 Å². The molecule has 21 heavy (non-hydrogen) atoms. The number of halogens is 2. The Bertz CT molecular complexity index is 662. The summed E-state index contributed by atoms with van der Waals surface area (Å²) in [6.45, 7) is 0. The molecule has 3 heteroatoms. The number of carbonyl (C=O) groups is 1. The highest BCUT2D eigenvalue weighted by molar-refractivity contribution is 9.10. The highest BCUT2D eigenvalue weighted by atomic mass is 79.9. The largest absolute Gasteiger partial charge is 0.298 e. The number of rotatable bonds is 4. The molecule has 0 heterocycles. The first-order valence-corrected chi connectivity index (χ1v) is 7.94. The molecule has 0 aromatic heterocycles. The van der Waals surface area contributed by atoms with Crippen molar-refractivity contribution in [1.29, 1.82) is 0 Å². The topological polar surface area (TPSA) is 17.1 Å². The summed E-state index contributed by atoms with van der Waals surface area (Å²) in [7, 11) is 0. The molecule has 108 valence electrons. The molecule has 2 aromatic carbocycles. The van der Waals surface area contributed by atoms with Gasteiger partial charge in [0.25, 0.3) is 0 Å². The molecular weight excluding hydrogens is 331 g/mol. The van der Waals surface area contributed by atoms with E-state index in [1.54, 1.807) is 12.1 Å². The van der Waals surface area contributed by atoms with Gasteiger partial charge in [0.05, 0.1) is 5.41 Å². The van der Waals surface area contributed by atoms with Crippen LogP contribution in [0.5, 0.6) is 0 Å². The third-order valence-electron chi connectivity index (χ3n) is 4.43. The molecule has 1 aliphatic carbocycles. The predicted molar refractivity (Wildman–Crippen MR) is 84.8 cm³/mol. The first-order chi connectivity index (χ1) is 10.1. The summed E-state index contributed by atoms with van der Waals surface area (Å²) in [6, 6.07) is 14.8. The van der Waals surface area contributed by atoms with Gasteiger partial charge < -0.3 is 0 Å². The van der Waals surface area contributed by atoms with Gasteiger partial charge in [-0.15, -0.1) is 0 Å². The minimum Gasteiger partial charge on any atom is -0.298 e. The summed E-state index contributed by atoms with van der Waals surface area (Å²) in [5.74, 6) is -0.193. The smallest absolute Gasteiger partial charge is 0.147 e. The maximum Gasteiger partial charge on any atom is 0.147 e. The minimum atomic E-state index is -0.402. The van der Waals surface area contributed by atoms with E-state index >= 15 is 0 Å². The highest BCUT2D eigenvalue weighted by Crippen LogP contribution is 2.45. The van der Waals surface area contributed by atoms with Gasteiger partial charge in [0, 0.05) is 10.9 Å². The molecule has 0 unspecified atom stereocenters. The lowest BCUT2D eigenvalue weighted by molar-refractivity contribution is -0.127. The van der Waals surface area contributed by atoms with Crippen molar-refractivity contribution in [2.75, 3.05) is 0 Å². The number of ketones is 1. The quantitative estimate of drug-likeness (QED) is 0.775. The Kier molecular flexibility index (Phi) is 3.94. The Balaban J connectivity index is 1.87. The fourth-order valence-corrected chi connectivity index (χ4v) is 3.36. The van der Waals surface area contributed by atoms with Crippen LogP contribution in [0.1, 0.15) is 30.4 Å². The van der Waals surface area contributed by atoms with E-state index in [2.05, 4.69) is 15.9 Å². The standard InChI is InChI=1S/C18H16BrFO/c19-15-8-7-13(16(20)12-15)11-17(21)18(9-4-10-18)14-5-2-1-3-6-14/h1-3,5-8,12H,4,9-11H2. The van der Waals surface area contributed by atoms with Gasteiger partial charge in [-0.3, -0.25) is 4.79 Å². The molecule has 0 N–H and O–H groups in total. The zero-order valence-electron chi connectivity index (χ0n) is 11.6. The Morgan fingerprint density at radius 1 is 1.14 bits per heavy atom. The molecule has 0 atom stereocenters. The Morgan fingerprint density at radius 3 is 2.43 bits per heavy atom. The van der Waals surface area contributed by atoms with Crippen molar-refractivity contribution in [3.05, 3.63) is 69.9 Å². The van der Waals surface area contributed by atoms with E-state index in [1.807, 2.05) is 30.3 Å². The van der Waals surface area contributed by atoms with Crippen LogP contribution >= 0.6 is 15.9 Å². The summed E-state index contributed by atoms with van der Waals surface area (Å²) >= 11 is 3.24. The minimum absolute atomic E-state index is 0.126. The SMILES string of the molecule is O=C(Cc1ccc(Br)cc1F)C1(c2ccccc2)CCC1. The van der Waals surface area contributed by atoms with Crippen molar-refractivity contribution >= 4 is 21.7 Å². The summed E-state index contributed by atoms with van der Waals surface area (Å²) in [5, 5.41) is 0. The number of carbonyl (C=O) groups excluding carboxylic acids is 1. The van der Waals surface area contributed by atoms with Gasteiger partial charge in [-0.2, -0.15) is 0 Å². The van der Waals surface area contributed by atoms with Crippen molar-refractivity contribution in [2.45, 2.75) is 31.1 Å². The maximum absolute atomic E-state index is 13.9. The van der Waals surface area contributed by atoms with E-state index in [4.69, 9.17) is 0 Å². The van der Waals surface area contributed by atoms with Crippen LogP contribution in [0.15, 0.2) is 53.0 Å². The van der Waals surface area contributed by atoms with Crippen LogP contribution in [-0.2, 0) is 16.6 Å². The number of hydrogen-bond acceptors (Lipinski definition) is 1. The van der Waals surface area contributed by atoms with Crippen LogP contribution in [-0.4, -0.2) is 5.78 Å². The second-order valence-corrected chi connectivity index (χ2v) is 6.55. The first kappa shape index (κ1) is 14.5. The van der Waals surface area contributed by atoms with Gasteiger partial charge >= 0.3 is 0 Å². The number of benzene rings is 2. The molecule has 3 rings (SSSR count). The maximum atomic E-state index is 13.9. The van der Waals surface area contributed by atoms with Crippen molar-refractivity contribution in [3.8, 4) is 0 Å². The molecule has 1 fully saturated rings. The van der Waals surface area contributed by atoms with Crippen molar-refractivity contribution in [1.82, 2.24) is 0 Å². The zero-order chi connectivity index (χ0) is 14.9. The number of hydrogen-bond donors (Lipinski definition) is 0. The van der Waals surface area contributed by atoms with E-state index < -0.39 is 5.41 Å². The van der Waals surface area contributed by atoms with Gasteiger partial charge in [-0.1, -0.05) is 58.7 Å². The van der Waals surface area contributed by atoms with Crippen LogP contribution in [0.4, 0.5) is 4.39 Å². The van der Waals surface area contributed by atoms with E-state index in [9.17, 15) is 9.18 Å². The average Bonchev–Trinajstić information content (AvgIpc) is 2.42. The lowest BCUT2D eigenvalue weighted by atomic mass is 9.61. The van der Waals surface area contributed by atoms with Crippen molar-refractivity contribution in [2.24, 2.45) is 0 Å². The van der Waals surface area contributed by atoms with Gasteiger partial charge in [0.1, 0.15) is 11.6 Å². The lowest BCUT2D eigenvalue weighted by Crippen LogP contribution is -2.43. The second-order valence-electron chi connectivity index (χ2n) is 5.64. The van der Waals surface area contributed by atoms with Crippen LogP contribution in [0.3, 0.4) is 0 Å². The fourth-order valence-electron chi connectivity index (χ4n) is 3.02. The fraction of sp³-hybridized carbons (Fsp3) is 0.278. The summed E-state index contributed by atoms with van der Waals surface area (Å²) in [4.78, 5) is 12.8. The molecular formula is C18H16BrFO. The monoisotopic (exact) mass is 346 g/mol. The Labute approximate surface area is 132 Å². The lowest BCUT2D eigenvalue weighted by Gasteiger charge is -2.41. The molecule has 1 saturated carbocycles. The molecule has 0 aliphatic heterocycles. The van der Waals surface area contributed by atoms with Crippen LogP contribution in [0.2, 0.25) is 0 Å². The highest BCUT2D eigenvalue weighted by Gasteiger charge is 2.44. The van der Waals surface area contributed by atoms with Crippen molar-refractivity contribution in [3.63, 3.8) is 0 Å². The molecule has 0 saturated heterocycles. The summed E-state index contributed by atoms with van der Waals surface area (Å²) < 4.78 is 14.6. The Hall–Kier alpha value is -1.48. The summed E-state index contributed by atoms with van der Waals surface area (Å²) in [6.07, 6.45) is 2.96. The third-order valence-corrected chi connectivity index (χ3v) is 4.93. The van der Waals surface area contributed by atoms with Crippen LogP contribution in [0, 0.1) is 5.82 Å². The summed E-state index contributed by atoms with van der Waals surface area (Å²) in [5.41, 5.74) is 1.14. The molecule has 1 aliphatic rings. The normalized spacial score (nSPS) is 16.3. The second kappa shape index (κ2) is 5.72. The van der Waals surface area contributed by atoms with Gasteiger partial charge in [-0.25, -0.2) is 4.39 Å². The molecule has 2 aromatic rings. The average molecular weight is 347 g/mol. The molecule has 0 spiro atoms. The van der Waals surface area contributed by atoms with Crippen LogP contribution < -0.4 is 0 Å².